The summed E-state index contributed by atoms with van der Waals surface area (Å²) in [4.78, 5) is 12.4. The van der Waals surface area contributed by atoms with Crippen molar-refractivity contribution >= 4 is 23.4 Å². The van der Waals surface area contributed by atoms with Gasteiger partial charge in [-0.1, -0.05) is 42.1 Å². The van der Waals surface area contributed by atoms with Crippen LogP contribution in [0.4, 0.5) is 18.9 Å². The third-order valence-corrected chi connectivity index (χ3v) is 5.11. The molecule has 2 aromatic carbocycles. The minimum Gasteiger partial charge on any atom is -0.323 e. The van der Waals surface area contributed by atoms with E-state index >= 15 is 0 Å². The van der Waals surface area contributed by atoms with Crippen molar-refractivity contribution in [3.8, 4) is 0 Å². The number of aryl methyl sites for hydroxylation is 1. The average molecular weight is 406 g/mol. The van der Waals surface area contributed by atoms with E-state index in [2.05, 4.69) is 15.5 Å². The van der Waals surface area contributed by atoms with Gasteiger partial charge in [-0.05, 0) is 31.5 Å². The molecule has 3 aromatic rings. The van der Waals surface area contributed by atoms with Crippen LogP contribution >= 0.6 is 11.8 Å². The lowest BCUT2D eigenvalue weighted by Crippen LogP contribution is -2.24. The Hall–Kier alpha value is -2.81. The molecule has 0 aliphatic carbocycles. The van der Waals surface area contributed by atoms with E-state index in [9.17, 15) is 18.0 Å². The summed E-state index contributed by atoms with van der Waals surface area (Å²) in [6.07, 6.45) is 0. The average Bonchev–Trinajstić information content (AvgIpc) is 3.02. The van der Waals surface area contributed by atoms with Gasteiger partial charge in [-0.25, -0.2) is 13.2 Å². The largest absolute Gasteiger partial charge is 0.323 e. The van der Waals surface area contributed by atoms with Gasteiger partial charge in [0.25, 0.3) is 0 Å². The second kappa shape index (κ2) is 8.47. The first kappa shape index (κ1) is 19.9. The maximum Gasteiger partial charge on any atom is 0.237 e. The third-order valence-electron chi connectivity index (χ3n) is 4.03. The summed E-state index contributed by atoms with van der Waals surface area (Å²) in [6.45, 7) is 3.95. The summed E-state index contributed by atoms with van der Waals surface area (Å²) in [5.41, 5.74) is 0.631. The van der Waals surface area contributed by atoms with Crippen LogP contribution in [0.5, 0.6) is 0 Å². The molecule has 1 N–H and O–H groups in total. The highest BCUT2D eigenvalue weighted by molar-refractivity contribution is 8.00. The molecule has 0 saturated carbocycles. The van der Waals surface area contributed by atoms with Gasteiger partial charge in [-0.3, -0.25) is 4.79 Å². The maximum atomic E-state index is 13.8. The Morgan fingerprint density at radius 2 is 1.82 bits per heavy atom. The fourth-order valence-electron chi connectivity index (χ4n) is 2.47. The second-order valence-corrected chi connectivity index (χ2v) is 7.38. The number of amides is 1. The van der Waals surface area contributed by atoms with E-state index in [1.54, 1.807) is 13.8 Å². The lowest BCUT2D eigenvalue weighted by Gasteiger charge is -2.14. The van der Waals surface area contributed by atoms with Gasteiger partial charge in [-0.15, -0.1) is 10.2 Å². The Labute approximate surface area is 164 Å². The number of nitrogens with zero attached hydrogens (tertiary/aromatic N) is 3. The zero-order valence-corrected chi connectivity index (χ0v) is 15.9. The molecule has 5 nitrogen and oxygen atoms in total. The van der Waals surface area contributed by atoms with Gasteiger partial charge in [0.15, 0.2) is 22.6 Å². The number of hydrogen-bond acceptors (Lipinski definition) is 4. The summed E-state index contributed by atoms with van der Waals surface area (Å²) in [6, 6.07) is 11.4. The molecular weight excluding hydrogens is 389 g/mol. The first-order valence-corrected chi connectivity index (χ1v) is 9.29. The molecule has 1 aromatic heterocycles. The molecule has 9 heteroatoms. The summed E-state index contributed by atoms with van der Waals surface area (Å²) < 4.78 is 42.0. The third kappa shape index (κ3) is 4.36. The second-order valence-electron chi connectivity index (χ2n) is 6.07. The Morgan fingerprint density at radius 3 is 2.54 bits per heavy atom. The molecule has 0 unspecified atom stereocenters. The number of nitrogens with one attached hydrogen (secondary N) is 1. The van der Waals surface area contributed by atoms with Crippen LogP contribution in [0.1, 0.15) is 18.3 Å². The van der Waals surface area contributed by atoms with Crippen molar-refractivity contribution in [3.63, 3.8) is 0 Å². The van der Waals surface area contributed by atoms with Crippen LogP contribution in [-0.4, -0.2) is 25.9 Å². The number of carbonyl (C=O) groups excluding carboxylic acids is 1. The summed E-state index contributed by atoms with van der Waals surface area (Å²) in [5, 5.41) is 10.3. The van der Waals surface area contributed by atoms with E-state index in [1.165, 1.54) is 0 Å². The van der Waals surface area contributed by atoms with Gasteiger partial charge in [-0.2, -0.15) is 0 Å². The highest BCUT2D eigenvalue weighted by Crippen LogP contribution is 2.25. The molecule has 1 heterocycles. The fourth-order valence-corrected chi connectivity index (χ4v) is 3.36. The number of rotatable bonds is 6. The molecule has 1 amide bonds. The van der Waals surface area contributed by atoms with Crippen molar-refractivity contribution in [3.05, 3.63) is 71.3 Å². The van der Waals surface area contributed by atoms with Crippen LogP contribution < -0.4 is 5.32 Å². The minimum absolute atomic E-state index is 0.418. The van der Waals surface area contributed by atoms with Crippen LogP contribution in [0, 0.1) is 24.4 Å². The zero-order chi connectivity index (χ0) is 20.3. The van der Waals surface area contributed by atoms with Gasteiger partial charge in [0.05, 0.1) is 17.5 Å². The Morgan fingerprint density at radius 1 is 1.11 bits per heavy atom. The molecule has 28 heavy (non-hydrogen) atoms. The molecule has 0 spiro atoms. The SMILES string of the molecule is Cc1nnc(S[C@H](C)C(=O)Nc2ccc(F)c(F)c2F)n1Cc1ccccc1. The van der Waals surface area contributed by atoms with Gasteiger partial charge in [0, 0.05) is 0 Å². The Balaban J connectivity index is 1.72. The van der Waals surface area contributed by atoms with E-state index in [0.29, 0.717) is 17.5 Å². The van der Waals surface area contributed by atoms with Crippen molar-refractivity contribution in [2.75, 3.05) is 5.32 Å². The van der Waals surface area contributed by atoms with E-state index in [0.717, 1.165) is 29.5 Å². The summed E-state index contributed by atoms with van der Waals surface area (Å²) in [7, 11) is 0. The van der Waals surface area contributed by atoms with Crippen molar-refractivity contribution in [2.24, 2.45) is 0 Å². The van der Waals surface area contributed by atoms with E-state index in [1.807, 2.05) is 34.9 Å². The normalized spacial score (nSPS) is 12.0. The molecular formula is C19H17F3N4OS. The smallest absolute Gasteiger partial charge is 0.237 e. The standard InChI is InChI=1S/C19H17F3N4OS/c1-11(18(27)23-15-9-8-14(20)16(21)17(15)22)28-19-25-24-12(2)26(19)10-13-6-4-3-5-7-13/h3-9,11H,10H2,1-2H3,(H,23,27)/t11-/m1/s1. The lowest BCUT2D eigenvalue weighted by atomic mass is 10.2. The molecule has 0 aliphatic heterocycles. The molecule has 0 radical (unpaired) electrons. The monoisotopic (exact) mass is 406 g/mol. The Bertz CT molecular complexity index is 994. The number of aromatic nitrogens is 3. The minimum atomic E-state index is -1.63. The van der Waals surface area contributed by atoms with Gasteiger partial charge < -0.3 is 9.88 Å². The van der Waals surface area contributed by atoms with Crippen molar-refractivity contribution in [2.45, 2.75) is 30.8 Å². The number of carbonyl (C=O) groups is 1. The van der Waals surface area contributed by atoms with Gasteiger partial charge in [0.2, 0.25) is 5.91 Å². The number of benzene rings is 2. The predicted molar refractivity (Wildman–Crippen MR) is 101 cm³/mol. The molecule has 1 atom stereocenters. The van der Waals surface area contributed by atoms with E-state index in [4.69, 9.17) is 0 Å². The van der Waals surface area contributed by atoms with Crippen LogP contribution in [0.3, 0.4) is 0 Å². The van der Waals surface area contributed by atoms with Crippen molar-refractivity contribution in [1.82, 2.24) is 14.8 Å². The zero-order valence-electron chi connectivity index (χ0n) is 15.1. The molecule has 3 rings (SSSR count). The highest BCUT2D eigenvalue weighted by Gasteiger charge is 2.22. The summed E-state index contributed by atoms with van der Waals surface area (Å²) in [5.74, 6) is -4.26. The molecule has 146 valence electrons. The topological polar surface area (TPSA) is 59.8 Å². The van der Waals surface area contributed by atoms with Crippen molar-refractivity contribution in [1.29, 1.82) is 0 Å². The van der Waals surface area contributed by atoms with Crippen molar-refractivity contribution < 1.29 is 18.0 Å². The first-order valence-electron chi connectivity index (χ1n) is 8.41. The van der Waals surface area contributed by atoms with Crippen LogP contribution in [0.2, 0.25) is 0 Å². The number of hydrogen-bond donors (Lipinski definition) is 1. The van der Waals surface area contributed by atoms with E-state index < -0.39 is 34.3 Å². The highest BCUT2D eigenvalue weighted by atomic mass is 32.2. The predicted octanol–water partition coefficient (Wildman–Crippen LogP) is 4.17. The fraction of sp³-hybridized carbons (Fsp3) is 0.211. The van der Waals surface area contributed by atoms with Crippen LogP contribution in [0.15, 0.2) is 47.6 Å². The molecule has 0 saturated heterocycles. The van der Waals surface area contributed by atoms with Crippen LogP contribution in [-0.2, 0) is 11.3 Å². The first-order chi connectivity index (χ1) is 13.4. The molecule has 0 bridgehead atoms. The van der Waals surface area contributed by atoms with Crippen LogP contribution in [0.25, 0.3) is 0 Å². The molecule has 0 aliphatic rings. The lowest BCUT2D eigenvalue weighted by molar-refractivity contribution is -0.115. The van der Waals surface area contributed by atoms with E-state index in [-0.39, 0.29) is 0 Å². The number of thioether (sulfide) groups is 1. The maximum absolute atomic E-state index is 13.8. The Kier molecular flexibility index (Phi) is 6.03. The van der Waals surface area contributed by atoms with Gasteiger partial charge in [0.1, 0.15) is 5.82 Å². The number of anilines is 1. The quantitative estimate of drug-likeness (QED) is 0.493. The molecule has 0 fully saturated rings. The summed E-state index contributed by atoms with van der Waals surface area (Å²) >= 11 is 1.14. The number of halogens is 3. The van der Waals surface area contributed by atoms with Gasteiger partial charge >= 0.3 is 0 Å².